The van der Waals surface area contributed by atoms with Crippen LogP contribution in [-0.4, -0.2) is 19.2 Å². The van der Waals surface area contributed by atoms with Crippen LogP contribution in [0.1, 0.15) is 18.9 Å². The number of esters is 1. The molecule has 0 N–H and O–H groups in total. The first-order chi connectivity index (χ1) is 12.6. The number of carbonyl (C=O) groups excluding carboxylic acids is 1. The summed E-state index contributed by atoms with van der Waals surface area (Å²) < 4.78 is 15.8. The molecule has 0 bridgehead atoms. The summed E-state index contributed by atoms with van der Waals surface area (Å²) in [4.78, 5) is 23.4. The molecule has 26 heavy (non-hydrogen) atoms. The van der Waals surface area contributed by atoms with Gasteiger partial charge in [0.25, 0.3) is 0 Å². The van der Waals surface area contributed by atoms with Gasteiger partial charge in [0.1, 0.15) is 11.3 Å². The first kappa shape index (κ1) is 17.7. The predicted molar refractivity (Wildman–Crippen MR) is 99.4 cm³/mol. The molecule has 0 aliphatic carbocycles. The summed E-state index contributed by atoms with van der Waals surface area (Å²) in [5, 5.41) is 0.830. The van der Waals surface area contributed by atoms with Crippen molar-refractivity contribution in [3.63, 3.8) is 0 Å². The lowest BCUT2D eigenvalue weighted by atomic mass is 9.98. The molecule has 1 aromatic heterocycles. The second-order valence-electron chi connectivity index (χ2n) is 5.86. The topological polar surface area (TPSA) is 65.7 Å². The van der Waals surface area contributed by atoms with Gasteiger partial charge in [-0.3, -0.25) is 4.79 Å². The number of rotatable bonds is 6. The summed E-state index contributed by atoms with van der Waals surface area (Å²) in [5.41, 5.74) is 2.92. The molecule has 134 valence electrons. The molecule has 3 rings (SSSR count). The summed E-state index contributed by atoms with van der Waals surface area (Å²) in [6, 6.07) is 14.7. The maximum absolute atomic E-state index is 12.0. The zero-order valence-corrected chi connectivity index (χ0v) is 14.8. The second-order valence-corrected chi connectivity index (χ2v) is 5.86. The minimum atomic E-state index is -0.417. The van der Waals surface area contributed by atoms with Crippen LogP contribution < -0.4 is 10.4 Å². The summed E-state index contributed by atoms with van der Waals surface area (Å²) in [7, 11) is 0. The van der Waals surface area contributed by atoms with Gasteiger partial charge in [0.05, 0.1) is 19.6 Å². The number of benzene rings is 2. The molecule has 0 unspecified atom stereocenters. The Bertz CT molecular complexity index is 987. The molecule has 3 aromatic rings. The lowest BCUT2D eigenvalue weighted by Gasteiger charge is -2.10. The fourth-order valence-electron chi connectivity index (χ4n) is 2.82. The van der Waals surface area contributed by atoms with Crippen LogP contribution in [0.4, 0.5) is 0 Å². The normalized spacial score (nSPS) is 10.7. The molecule has 0 radical (unpaired) electrons. The van der Waals surface area contributed by atoms with E-state index in [2.05, 4.69) is 0 Å². The molecule has 5 nitrogen and oxygen atoms in total. The molecule has 2 aromatic carbocycles. The van der Waals surface area contributed by atoms with E-state index in [1.807, 2.05) is 37.3 Å². The van der Waals surface area contributed by atoms with E-state index in [4.69, 9.17) is 13.9 Å². The van der Waals surface area contributed by atoms with Gasteiger partial charge >= 0.3 is 11.6 Å². The van der Waals surface area contributed by atoms with Crippen molar-refractivity contribution < 1.29 is 18.7 Å². The van der Waals surface area contributed by atoms with E-state index in [1.165, 1.54) is 6.07 Å². The predicted octanol–water partition coefficient (Wildman–Crippen LogP) is 4.10. The van der Waals surface area contributed by atoms with Gasteiger partial charge in [0, 0.05) is 23.1 Å². The Morgan fingerprint density at radius 2 is 1.88 bits per heavy atom. The van der Waals surface area contributed by atoms with Gasteiger partial charge in [0.15, 0.2) is 0 Å². The molecule has 0 saturated carbocycles. The number of carbonyl (C=O) groups is 1. The van der Waals surface area contributed by atoms with Gasteiger partial charge in [-0.1, -0.05) is 24.3 Å². The first-order valence-corrected chi connectivity index (χ1v) is 8.51. The lowest BCUT2D eigenvalue weighted by Crippen LogP contribution is -2.09. The summed E-state index contributed by atoms with van der Waals surface area (Å²) in [6.45, 7) is 4.31. The molecule has 0 fully saturated rings. The van der Waals surface area contributed by atoms with E-state index < -0.39 is 5.63 Å². The van der Waals surface area contributed by atoms with Gasteiger partial charge in [-0.15, -0.1) is 0 Å². The zero-order valence-electron chi connectivity index (χ0n) is 14.8. The van der Waals surface area contributed by atoms with Crippen molar-refractivity contribution in [1.29, 1.82) is 0 Å². The van der Waals surface area contributed by atoms with Gasteiger partial charge < -0.3 is 13.9 Å². The van der Waals surface area contributed by atoms with Crippen molar-refractivity contribution in [3.05, 3.63) is 64.5 Å². The molecule has 0 aliphatic rings. The largest absolute Gasteiger partial charge is 0.493 e. The Kier molecular flexibility index (Phi) is 5.37. The molecular weight excluding hydrogens is 332 g/mol. The number of fused-ring (bicyclic) bond motifs is 1. The highest BCUT2D eigenvalue weighted by Crippen LogP contribution is 2.31. The van der Waals surface area contributed by atoms with Crippen molar-refractivity contribution >= 4 is 16.9 Å². The van der Waals surface area contributed by atoms with E-state index in [0.29, 0.717) is 17.9 Å². The second kappa shape index (κ2) is 7.87. The van der Waals surface area contributed by atoms with Crippen LogP contribution in [0.15, 0.2) is 57.7 Å². The standard InChI is InChI=1S/C21H20O5/c1-3-24-20(22)10-11-25-15-8-9-17-18(13-21(23)26-19(17)12-15)16-7-5-4-6-14(16)2/h4-9,12-13H,3,10-11H2,1-2H3. The van der Waals surface area contributed by atoms with Crippen LogP contribution >= 0.6 is 0 Å². The third-order valence-corrected chi connectivity index (χ3v) is 4.03. The van der Waals surface area contributed by atoms with Crippen LogP contribution in [0.3, 0.4) is 0 Å². The summed E-state index contributed by atoms with van der Waals surface area (Å²) in [6.07, 6.45) is 0.166. The molecule has 0 spiro atoms. The van der Waals surface area contributed by atoms with E-state index in [1.54, 1.807) is 19.1 Å². The van der Waals surface area contributed by atoms with Crippen molar-refractivity contribution in [1.82, 2.24) is 0 Å². The van der Waals surface area contributed by atoms with Crippen molar-refractivity contribution in [2.24, 2.45) is 0 Å². The Labute approximate surface area is 151 Å². The van der Waals surface area contributed by atoms with E-state index >= 15 is 0 Å². The van der Waals surface area contributed by atoms with Gasteiger partial charge in [-0.05, 0) is 37.1 Å². The third kappa shape index (κ3) is 3.94. The van der Waals surface area contributed by atoms with Gasteiger partial charge in [0.2, 0.25) is 0 Å². The van der Waals surface area contributed by atoms with Gasteiger partial charge in [-0.25, -0.2) is 4.79 Å². The fourth-order valence-corrected chi connectivity index (χ4v) is 2.82. The Morgan fingerprint density at radius 1 is 1.08 bits per heavy atom. The number of hydrogen-bond acceptors (Lipinski definition) is 5. The number of ether oxygens (including phenoxy) is 2. The maximum atomic E-state index is 12.0. The molecular formula is C21H20O5. The molecule has 0 saturated heterocycles. The molecule has 5 heteroatoms. The molecule has 0 amide bonds. The van der Waals surface area contributed by atoms with Crippen LogP contribution in [0, 0.1) is 6.92 Å². The van der Waals surface area contributed by atoms with E-state index in [0.717, 1.165) is 22.1 Å². The molecule has 0 aliphatic heterocycles. The number of hydrogen-bond donors (Lipinski definition) is 0. The lowest BCUT2D eigenvalue weighted by molar-refractivity contribution is -0.143. The Morgan fingerprint density at radius 3 is 2.65 bits per heavy atom. The average Bonchev–Trinajstić information content (AvgIpc) is 2.61. The smallest absolute Gasteiger partial charge is 0.336 e. The highest BCUT2D eigenvalue weighted by atomic mass is 16.5. The average molecular weight is 352 g/mol. The minimum absolute atomic E-state index is 0.166. The summed E-state index contributed by atoms with van der Waals surface area (Å²) >= 11 is 0. The number of aryl methyl sites for hydroxylation is 1. The monoisotopic (exact) mass is 352 g/mol. The zero-order chi connectivity index (χ0) is 18.5. The van der Waals surface area contributed by atoms with Gasteiger partial charge in [-0.2, -0.15) is 0 Å². The van der Waals surface area contributed by atoms with Crippen molar-refractivity contribution in [2.75, 3.05) is 13.2 Å². The van der Waals surface area contributed by atoms with Crippen LogP contribution in [-0.2, 0) is 9.53 Å². The van der Waals surface area contributed by atoms with Crippen molar-refractivity contribution in [2.45, 2.75) is 20.3 Å². The Balaban J connectivity index is 1.90. The SMILES string of the molecule is CCOC(=O)CCOc1ccc2c(-c3ccccc3C)cc(=O)oc2c1. The highest BCUT2D eigenvalue weighted by Gasteiger charge is 2.11. The fraction of sp³-hybridized carbons (Fsp3) is 0.238. The van der Waals surface area contributed by atoms with Crippen LogP contribution in [0.25, 0.3) is 22.1 Å². The highest BCUT2D eigenvalue weighted by molar-refractivity contribution is 5.94. The maximum Gasteiger partial charge on any atom is 0.336 e. The van der Waals surface area contributed by atoms with E-state index in [9.17, 15) is 9.59 Å². The third-order valence-electron chi connectivity index (χ3n) is 4.03. The summed E-state index contributed by atoms with van der Waals surface area (Å²) in [5.74, 6) is 0.230. The molecule has 0 atom stereocenters. The van der Waals surface area contributed by atoms with Crippen molar-refractivity contribution in [3.8, 4) is 16.9 Å². The first-order valence-electron chi connectivity index (χ1n) is 8.51. The van der Waals surface area contributed by atoms with E-state index in [-0.39, 0.29) is 19.0 Å². The Hall–Kier alpha value is -3.08. The van der Waals surface area contributed by atoms with Crippen LogP contribution in [0.5, 0.6) is 5.75 Å². The van der Waals surface area contributed by atoms with Crippen LogP contribution in [0.2, 0.25) is 0 Å². The molecule has 1 heterocycles. The quantitative estimate of drug-likeness (QED) is 0.493. The minimum Gasteiger partial charge on any atom is -0.493 e.